The maximum absolute atomic E-state index is 14.1. The zero-order valence-electron chi connectivity index (χ0n) is 18.7. The highest BCUT2D eigenvalue weighted by atomic mass is 35.5. The highest BCUT2D eigenvalue weighted by Gasteiger charge is 2.61. The van der Waals surface area contributed by atoms with Gasteiger partial charge in [-0.1, -0.05) is 41.4 Å². The Bertz CT molecular complexity index is 1520. The van der Waals surface area contributed by atoms with Crippen LogP contribution in [0.25, 0.3) is 10.6 Å². The number of nitrogens with zero attached hydrogens (tertiary/aromatic N) is 1. The molecule has 0 radical (unpaired) electrons. The Morgan fingerprint density at radius 1 is 1.03 bits per heavy atom. The van der Waals surface area contributed by atoms with Gasteiger partial charge in [-0.05, 0) is 53.6 Å². The van der Waals surface area contributed by atoms with Gasteiger partial charge in [0.1, 0.15) is 16.2 Å². The molecule has 3 aromatic carbocycles. The largest absolute Gasteiger partial charge is 0.508 e. The van der Waals surface area contributed by atoms with Crippen LogP contribution in [0.5, 0.6) is 5.75 Å². The molecule has 6 rings (SSSR count). The SMILES string of the molecule is O=C1CC(c2cccc(Cl)c2)C2(C(=O)Nc3cc(Cl)ccc32)C(c2cc(-c3nccs3)ccc2O)N1. The molecule has 1 saturated heterocycles. The van der Waals surface area contributed by atoms with Crippen LogP contribution < -0.4 is 10.6 Å². The first-order chi connectivity index (χ1) is 17.4. The van der Waals surface area contributed by atoms with Gasteiger partial charge in [0.2, 0.25) is 11.8 Å². The number of carbonyl (C=O) groups is 2. The van der Waals surface area contributed by atoms with E-state index in [4.69, 9.17) is 23.2 Å². The van der Waals surface area contributed by atoms with Crippen LogP contribution in [0.3, 0.4) is 0 Å². The summed E-state index contributed by atoms with van der Waals surface area (Å²) in [5.74, 6) is -1.10. The number of amides is 2. The van der Waals surface area contributed by atoms with Gasteiger partial charge in [0.25, 0.3) is 0 Å². The summed E-state index contributed by atoms with van der Waals surface area (Å²) < 4.78 is 0. The number of nitrogens with one attached hydrogen (secondary N) is 2. The number of benzene rings is 3. The van der Waals surface area contributed by atoms with Gasteiger partial charge < -0.3 is 15.7 Å². The Balaban J connectivity index is 1.63. The summed E-state index contributed by atoms with van der Waals surface area (Å²) in [6.45, 7) is 0. The predicted molar refractivity (Wildman–Crippen MR) is 141 cm³/mol. The van der Waals surface area contributed by atoms with Gasteiger partial charge in [-0.2, -0.15) is 0 Å². The van der Waals surface area contributed by atoms with Crippen LogP contribution in [-0.2, 0) is 15.0 Å². The zero-order valence-corrected chi connectivity index (χ0v) is 21.0. The van der Waals surface area contributed by atoms with E-state index in [9.17, 15) is 14.7 Å². The van der Waals surface area contributed by atoms with Crippen LogP contribution >= 0.6 is 34.5 Å². The normalized spacial score (nSPS) is 22.8. The summed E-state index contributed by atoms with van der Waals surface area (Å²) in [4.78, 5) is 31.6. The van der Waals surface area contributed by atoms with E-state index in [2.05, 4.69) is 15.6 Å². The molecule has 3 unspecified atom stereocenters. The number of hydrogen-bond acceptors (Lipinski definition) is 5. The molecule has 3 atom stereocenters. The lowest BCUT2D eigenvalue weighted by atomic mass is 9.59. The van der Waals surface area contributed by atoms with E-state index in [-0.39, 0.29) is 24.0 Å². The van der Waals surface area contributed by atoms with Crippen LogP contribution in [0.2, 0.25) is 10.0 Å². The maximum atomic E-state index is 14.1. The van der Waals surface area contributed by atoms with Crippen molar-refractivity contribution in [3.05, 3.63) is 99.0 Å². The Labute approximate surface area is 220 Å². The monoisotopic (exact) mass is 535 g/mol. The summed E-state index contributed by atoms with van der Waals surface area (Å²) in [5.41, 5.74) is 1.98. The van der Waals surface area contributed by atoms with Gasteiger partial charge in [0.15, 0.2) is 0 Å². The van der Waals surface area contributed by atoms with Crippen molar-refractivity contribution in [2.75, 3.05) is 5.32 Å². The first kappa shape index (κ1) is 23.0. The van der Waals surface area contributed by atoms with Gasteiger partial charge in [0.05, 0.1) is 6.04 Å². The molecule has 1 spiro atoms. The third-order valence-corrected chi connectivity index (χ3v) is 8.31. The number of phenolic OH excluding ortho intramolecular Hbond substituents is 1. The molecule has 0 bridgehead atoms. The van der Waals surface area contributed by atoms with Crippen LogP contribution in [0.15, 0.2) is 72.2 Å². The predicted octanol–water partition coefficient (Wildman–Crippen LogP) is 6.06. The van der Waals surface area contributed by atoms with Gasteiger partial charge in [0, 0.05) is 50.8 Å². The highest BCUT2D eigenvalue weighted by molar-refractivity contribution is 7.13. The molecule has 36 heavy (non-hydrogen) atoms. The molecule has 1 fully saturated rings. The molecule has 1 aromatic heterocycles. The van der Waals surface area contributed by atoms with E-state index in [0.717, 1.165) is 16.1 Å². The van der Waals surface area contributed by atoms with E-state index in [1.165, 1.54) is 11.3 Å². The molecule has 2 amide bonds. The van der Waals surface area contributed by atoms with E-state index >= 15 is 0 Å². The van der Waals surface area contributed by atoms with Gasteiger partial charge >= 0.3 is 0 Å². The number of rotatable bonds is 3. The minimum atomic E-state index is -1.27. The molecule has 180 valence electrons. The molecule has 3 heterocycles. The van der Waals surface area contributed by atoms with Crippen molar-refractivity contribution in [1.29, 1.82) is 0 Å². The van der Waals surface area contributed by atoms with Crippen molar-refractivity contribution < 1.29 is 14.7 Å². The first-order valence-electron chi connectivity index (χ1n) is 11.3. The average Bonchev–Trinajstić information content (AvgIpc) is 3.48. The fraction of sp³-hybridized carbons (Fsp3) is 0.148. The number of carbonyl (C=O) groups excluding carboxylic acids is 2. The first-order valence-corrected chi connectivity index (χ1v) is 12.9. The van der Waals surface area contributed by atoms with Crippen molar-refractivity contribution in [3.63, 3.8) is 0 Å². The average molecular weight is 536 g/mol. The minimum Gasteiger partial charge on any atom is -0.508 e. The zero-order chi connectivity index (χ0) is 25.0. The Kier molecular flexibility index (Phi) is 5.52. The summed E-state index contributed by atoms with van der Waals surface area (Å²) in [6.07, 6.45) is 1.77. The van der Waals surface area contributed by atoms with E-state index in [1.807, 2.05) is 23.6 Å². The second-order valence-corrected chi connectivity index (χ2v) is 10.7. The number of piperidine rings is 1. The fourth-order valence-electron chi connectivity index (χ4n) is 5.55. The smallest absolute Gasteiger partial charge is 0.238 e. The number of phenols is 1. The number of anilines is 1. The quantitative estimate of drug-likeness (QED) is 0.297. The van der Waals surface area contributed by atoms with Gasteiger partial charge in [-0.25, -0.2) is 4.98 Å². The molecular formula is C27H19Cl2N3O3S. The van der Waals surface area contributed by atoms with Gasteiger partial charge in [-0.3, -0.25) is 9.59 Å². The van der Waals surface area contributed by atoms with Crippen molar-refractivity contribution in [2.45, 2.75) is 23.8 Å². The standard InChI is InChI=1S/C27H19Cl2N3O3S/c28-16-3-1-2-14(10-16)20-13-23(34)32-24(18-11-15(4-7-22(18)33)25-30-8-9-36-25)27(20)19-6-5-17(29)12-21(19)31-26(27)35/h1-12,20,24,33H,13H2,(H,31,35)(H,32,34). The topological polar surface area (TPSA) is 91.3 Å². The number of aromatic nitrogens is 1. The molecular weight excluding hydrogens is 517 g/mol. The fourth-order valence-corrected chi connectivity index (χ4v) is 6.56. The van der Waals surface area contributed by atoms with Crippen molar-refractivity contribution in [2.24, 2.45) is 0 Å². The lowest BCUT2D eigenvalue weighted by Gasteiger charge is -2.46. The number of fused-ring (bicyclic) bond motifs is 2. The molecule has 2 aliphatic rings. The number of thiazole rings is 1. The van der Waals surface area contributed by atoms with E-state index in [1.54, 1.807) is 48.7 Å². The summed E-state index contributed by atoms with van der Waals surface area (Å²) in [7, 11) is 0. The van der Waals surface area contributed by atoms with E-state index < -0.39 is 17.4 Å². The van der Waals surface area contributed by atoms with Crippen molar-refractivity contribution in [1.82, 2.24) is 10.3 Å². The highest BCUT2D eigenvalue weighted by Crippen LogP contribution is 2.58. The molecule has 6 nitrogen and oxygen atoms in total. The molecule has 4 aromatic rings. The molecule has 0 aliphatic carbocycles. The lowest BCUT2D eigenvalue weighted by Crippen LogP contribution is -2.56. The number of hydrogen-bond donors (Lipinski definition) is 3. The van der Waals surface area contributed by atoms with Crippen LogP contribution in [0.1, 0.15) is 35.1 Å². The van der Waals surface area contributed by atoms with Crippen LogP contribution in [0, 0.1) is 0 Å². The van der Waals surface area contributed by atoms with Crippen LogP contribution in [-0.4, -0.2) is 21.9 Å². The lowest BCUT2D eigenvalue weighted by molar-refractivity contribution is -0.131. The second kappa shape index (κ2) is 8.62. The molecule has 3 N–H and O–H groups in total. The minimum absolute atomic E-state index is 0.0260. The Hall–Kier alpha value is -3.39. The summed E-state index contributed by atoms with van der Waals surface area (Å²) in [5, 5.41) is 20.7. The summed E-state index contributed by atoms with van der Waals surface area (Å²) in [6, 6.07) is 16.8. The second-order valence-electron chi connectivity index (χ2n) is 8.94. The van der Waals surface area contributed by atoms with Gasteiger partial charge in [-0.15, -0.1) is 11.3 Å². The molecule has 0 saturated carbocycles. The van der Waals surface area contributed by atoms with Crippen molar-refractivity contribution in [3.8, 4) is 16.3 Å². The molecule has 2 aliphatic heterocycles. The van der Waals surface area contributed by atoms with E-state index in [0.29, 0.717) is 26.9 Å². The van der Waals surface area contributed by atoms with Crippen molar-refractivity contribution >= 4 is 52.0 Å². The number of aromatic hydroxyl groups is 1. The number of halogens is 2. The van der Waals surface area contributed by atoms with Crippen LogP contribution in [0.4, 0.5) is 5.69 Å². The Morgan fingerprint density at radius 2 is 1.86 bits per heavy atom. The Morgan fingerprint density at radius 3 is 2.64 bits per heavy atom. The third kappa shape index (κ3) is 3.50. The third-order valence-electron chi connectivity index (χ3n) is 7.02. The molecule has 9 heteroatoms. The maximum Gasteiger partial charge on any atom is 0.238 e. The summed E-state index contributed by atoms with van der Waals surface area (Å²) >= 11 is 14.1.